The Morgan fingerprint density at radius 1 is 0.765 bits per heavy atom. The zero-order chi connectivity index (χ0) is 11.5. The third kappa shape index (κ3) is 2.12. The quantitative estimate of drug-likeness (QED) is 0.575. The fourth-order valence-electron chi connectivity index (χ4n) is 1.72. The summed E-state index contributed by atoms with van der Waals surface area (Å²) < 4.78 is 5.67. The Morgan fingerprint density at radius 2 is 1.65 bits per heavy atom. The van der Waals surface area contributed by atoms with Crippen molar-refractivity contribution in [2.45, 2.75) is 0 Å². The van der Waals surface area contributed by atoms with Crippen LogP contribution in [0.1, 0.15) is 0 Å². The highest BCUT2D eigenvalue weighted by Crippen LogP contribution is 2.27. The molecule has 2 heterocycles. The van der Waals surface area contributed by atoms with E-state index in [-0.39, 0.29) is 0 Å². The van der Waals surface area contributed by atoms with Gasteiger partial charge in [-0.05, 0) is 23.1 Å². The SMILES string of the molecule is c1ccc(-c2ccc(-c3cccs3)[o+]c2)cc1. The van der Waals surface area contributed by atoms with Crippen molar-refractivity contribution in [3.05, 3.63) is 66.2 Å². The maximum atomic E-state index is 5.67. The van der Waals surface area contributed by atoms with Gasteiger partial charge >= 0.3 is 12.0 Å². The van der Waals surface area contributed by atoms with Crippen LogP contribution in [0.5, 0.6) is 0 Å². The Balaban J connectivity index is 1.96. The van der Waals surface area contributed by atoms with Crippen LogP contribution in [0.25, 0.3) is 21.8 Å². The smallest absolute Gasteiger partial charge is 0.214 e. The van der Waals surface area contributed by atoms with Crippen molar-refractivity contribution in [3.8, 4) is 21.8 Å². The Morgan fingerprint density at radius 3 is 2.29 bits per heavy atom. The maximum Gasteiger partial charge on any atom is 0.369 e. The van der Waals surface area contributed by atoms with Crippen LogP contribution in [0, 0.1) is 0 Å². The van der Waals surface area contributed by atoms with E-state index in [1.54, 1.807) is 11.3 Å². The van der Waals surface area contributed by atoms with E-state index in [9.17, 15) is 0 Å². The van der Waals surface area contributed by atoms with E-state index in [1.165, 1.54) is 5.56 Å². The molecular weight excluding hydrogens is 228 g/mol. The van der Waals surface area contributed by atoms with Gasteiger partial charge in [0.05, 0.1) is 5.56 Å². The molecule has 1 nitrogen and oxygen atoms in total. The molecule has 0 spiro atoms. The Kier molecular flexibility index (Phi) is 2.72. The van der Waals surface area contributed by atoms with Gasteiger partial charge in [0.25, 0.3) is 0 Å². The van der Waals surface area contributed by atoms with E-state index in [0.29, 0.717) is 0 Å². The minimum Gasteiger partial charge on any atom is -0.214 e. The molecular formula is C15H11OS+. The number of hydrogen-bond donors (Lipinski definition) is 0. The van der Waals surface area contributed by atoms with Crippen LogP contribution in [-0.4, -0.2) is 0 Å². The lowest BCUT2D eigenvalue weighted by molar-refractivity contribution is 0.569. The third-order valence-corrected chi connectivity index (χ3v) is 3.48. The van der Waals surface area contributed by atoms with Crippen LogP contribution in [-0.2, 0) is 0 Å². The molecule has 0 unspecified atom stereocenters. The molecule has 0 radical (unpaired) electrons. The van der Waals surface area contributed by atoms with Crippen molar-refractivity contribution in [2.75, 3.05) is 0 Å². The first-order valence-electron chi connectivity index (χ1n) is 5.45. The lowest BCUT2D eigenvalue weighted by Gasteiger charge is -1.95. The largest absolute Gasteiger partial charge is 0.369 e. The molecule has 0 amide bonds. The molecule has 0 atom stereocenters. The van der Waals surface area contributed by atoms with E-state index in [4.69, 9.17) is 4.42 Å². The number of hydrogen-bond acceptors (Lipinski definition) is 1. The summed E-state index contributed by atoms with van der Waals surface area (Å²) in [5.74, 6) is 0.916. The molecule has 3 rings (SSSR count). The highest BCUT2D eigenvalue weighted by Gasteiger charge is 2.12. The van der Waals surface area contributed by atoms with Crippen molar-refractivity contribution < 1.29 is 4.42 Å². The molecule has 17 heavy (non-hydrogen) atoms. The van der Waals surface area contributed by atoms with Crippen LogP contribution in [0.2, 0.25) is 0 Å². The summed E-state index contributed by atoms with van der Waals surface area (Å²) in [4.78, 5) is 1.16. The van der Waals surface area contributed by atoms with Crippen LogP contribution in [0.3, 0.4) is 0 Å². The van der Waals surface area contributed by atoms with Gasteiger partial charge in [0.1, 0.15) is 4.88 Å². The van der Waals surface area contributed by atoms with Gasteiger partial charge in [-0.1, -0.05) is 36.4 Å². The van der Waals surface area contributed by atoms with E-state index in [1.807, 2.05) is 36.6 Å². The number of rotatable bonds is 2. The van der Waals surface area contributed by atoms with E-state index in [0.717, 1.165) is 16.2 Å². The second-order valence-corrected chi connectivity index (χ2v) is 4.68. The second-order valence-electron chi connectivity index (χ2n) is 3.73. The summed E-state index contributed by atoms with van der Waals surface area (Å²) in [5.41, 5.74) is 2.28. The normalized spacial score (nSPS) is 10.4. The van der Waals surface area contributed by atoms with Gasteiger partial charge in [-0.15, -0.1) is 11.3 Å². The second kappa shape index (κ2) is 4.52. The van der Waals surface area contributed by atoms with Crippen molar-refractivity contribution in [2.24, 2.45) is 0 Å². The van der Waals surface area contributed by atoms with Crippen LogP contribution < -0.4 is 0 Å². The lowest BCUT2D eigenvalue weighted by Crippen LogP contribution is -1.77. The first-order valence-corrected chi connectivity index (χ1v) is 6.32. The third-order valence-electron chi connectivity index (χ3n) is 2.60. The Bertz CT molecular complexity index is 583. The predicted molar refractivity (Wildman–Crippen MR) is 71.9 cm³/mol. The summed E-state index contributed by atoms with van der Waals surface area (Å²) in [7, 11) is 0. The van der Waals surface area contributed by atoms with E-state index >= 15 is 0 Å². The highest BCUT2D eigenvalue weighted by molar-refractivity contribution is 7.13. The molecule has 0 aliphatic carbocycles. The molecule has 0 aliphatic heterocycles. The van der Waals surface area contributed by atoms with Gasteiger partial charge in [0, 0.05) is 6.07 Å². The summed E-state index contributed by atoms with van der Waals surface area (Å²) in [6.45, 7) is 0. The standard InChI is InChI=1S/C15H11OS/c1-2-5-12(6-3-1)13-8-9-14(16-11-13)15-7-4-10-17-15/h1-11H/q+1. The molecule has 2 heteroatoms. The molecule has 0 saturated heterocycles. The molecule has 2 aromatic heterocycles. The van der Waals surface area contributed by atoms with E-state index in [2.05, 4.69) is 29.6 Å². The van der Waals surface area contributed by atoms with Crippen LogP contribution in [0.4, 0.5) is 0 Å². The lowest BCUT2D eigenvalue weighted by atomic mass is 10.1. The first kappa shape index (κ1) is 10.2. The Labute approximate surface area is 104 Å². The van der Waals surface area contributed by atoms with Crippen LogP contribution in [0.15, 0.2) is 70.7 Å². The van der Waals surface area contributed by atoms with Crippen molar-refractivity contribution in [3.63, 3.8) is 0 Å². The fraction of sp³-hybridized carbons (Fsp3) is 0. The van der Waals surface area contributed by atoms with Gasteiger partial charge in [-0.3, -0.25) is 0 Å². The van der Waals surface area contributed by atoms with Gasteiger partial charge in [-0.25, -0.2) is 4.42 Å². The topological polar surface area (TPSA) is 11.3 Å². The number of thiophene rings is 1. The molecule has 0 fully saturated rings. The van der Waals surface area contributed by atoms with Gasteiger partial charge in [-0.2, -0.15) is 0 Å². The summed E-state index contributed by atoms with van der Waals surface area (Å²) in [6, 6.07) is 18.4. The molecule has 0 aliphatic rings. The molecule has 1 aromatic carbocycles. The van der Waals surface area contributed by atoms with Gasteiger partial charge in [0.15, 0.2) is 0 Å². The summed E-state index contributed by atoms with van der Waals surface area (Å²) >= 11 is 1.68. The summed E-state index contributed by atoms with van der Waals surface area (Å²) in [6.07, 6.45) is 1.81. The molecule has 0 saturated carbocycles. The molecule has 0 N–H and O–H groups in total. The average molecular weight is 239 g/mol. The molecule has 82 valence electrons. The van der Waals surface area contributed by atoms with Gasteiger partial charge in [0.2, 0.25) is 0 Å². The molecule has 0 bridgehead atoms. The zero-order valence-electron chi connectivity index (χ0n) is 9.17. The highest BCUT2D eigenvalue weighted by atomic mass is 32.1. The van der Waals surface area contributed by atoms with E-state index < -0.39 is 0 Å². The van der Waals surface area contributed by atoms with Crippen molar-refractivity contribution in [1.82, 2.24) is 0 Å². The zero-order valence-corrected chi connectivity index (χ0v) is 9.98. The van der Waals surface area contributed by atoms with Gasteiger partial charge < -0.3 is 0 Å². The first-order chi connectivity index (χ1) is 8.43. The minimum absolute atomic E-state index is 0.916. The Hall–Kier alpha value is -1.93. The minimum atomic E-state index is 0.916. The predicted octanol–water partition coefficient (Wildman–Crippen LogP) is 4.96. The monoisotopic (exact) mass is 239 g/mol. The number of benzene rings is 1. The van der Waals surface area contributed by atoms with Crippen molar-refractivity contribution >= 4 is 11.3 Å². The maximum absolute atomic E-state index is 5.67. The fourth-order valence-corrected chi connectivity index (χ4v) is 2.42. The van der Waals surface area contributed by atoms with Crippen molar-refractivity contribution in [1.29, 1.82) is 0 Å². The van der Waals surface area contributed by atoms with Crippen LogP contribution >= 0.6 is 11.3 Å². The average Bonchev–Trinajstić information content (AvgIpc) is 2.94. The molecule has 3 aromatic rings. The summed E-state index contributed by atoms with van der Waals surface area (Å²) in [5, 5.41) is 2.05.